The van der Waals surface area contributed by atoms with Crippen LogP contribution in [0.25, 0.3) is 0 Å². The molecule has 0 amide bonds. The molecule has 0 aliphatic carbocycles. The first-order valence-corrected chi connectivity index (χ1v) is 9.68. The zero-order valence-electron chi connectivity index (χ0n) is 14.7. The highest BCUT2D eigenvalue weighted by Crippen LogP contribution is 1.99. The number of carbonyl (C=O) groups excluding carboxylic acids is 2. The molecule has 0 bridgehead atoms. The minimum Gasteiger partial charge on any atom is -0.396 e. The summed E-state index contributed by atoms with van der Waals surface area (Å²) in [5, 5.41) is 3.28. The summed E-state index contributed by atoms with van der Waals surface area (Å²) in [6, 6.07) is 0. The van der Waals surface area contributed by atoms with E-state index in [1.807, 2.05) is 20.8 Å². The van der Waals surface area contributed by atoms with Gasteiger partial charge in [0.1, 0.15) is 6.29 Å². The van der Waals surface area contributed by atoms with E-state index in [1.54, 1.807) is 6.92 Å². The fourth-order valence-corrected chi connectivity index (χ4v) is 2.92. The molecule has 0 fully saturated rings. The van der Waals surface area contributed by atoms with Gasteiger partial charge >= 0.3 is 15.3 Å². The lowest BCUT2D eigenvalue weighted by Gasteiger charge is -2.15. The third-order valence-electron chi connectivity index (χ3n) is 2.61. The highest BCUT2D eigenvalue weighted by molar-refractivity contribution is 6.44. The number of hydrogen-bond donors (Lipinski definition) is 2. The van der Waals surface area contributed by atoms with E-state index in [4.69, 9.17) is 13.6 Å². The first kappa shape index (κ1) is 24.4. The van der Waals surface area contributed by atoms with Crippen molar-refractivity contribution < 1.29 is 28.0 Å². The molecule has 0 heterocycles. The van der Waals surface area contributed by atoms with Crippen LogP contribution in [0.15, 0.2) is 0 Å². The molecule has 0 spiro atoms. The number of rotatable bonds is 13. The Balaban J connectivity index is 0. The Morgan fingerprint density at radius 3 is 2.26 bits per heavy atom. The molecule has 0 aliphatic heterocycles. The lowest BCUT2D eigenvalue weighted by atomic mass is 10.1. The van der Waals surface area contributed by atoms with Crippen molar-refractivity contribution in [3.05, 3.63) is 0 Å². The van der Waals surface area contributed by atoms with Crippen molar-refractivity contribution in [3.8, 4) is 0 Å². The molecule has 3 N–H and O–H groups in total. The molecular formula is C14H32N2O6Si. The van der Waals surface area contributed by atoms with E-state index in [-0.39, 0.29) is 6.42 Å². The van der Waals surface area contributed by atoms with Gasteiger partial charge in [-0.1, -0.05) is 6.92 Å². The number of ether oxygens (including phenoxy) is 1. The first-order valence-electron chi connectivity index (χ1n) is 7.92. The monoisotopic (exact) mass is 352 g/mol. The van der Waals surface area contributed by atoms with Crippen molar-refractivity contribution in [2.45, 2.75) is 34.1 Å². The SMILES string of the molecule is CCOCCNC[SiH](OCC)OCC.C[C@H](CC=O)C(=O)ON. The number of nitrogens with two attached hydrogens (primary N) is 1. The Morgan fingerprint density at radius 1 is 1.22 bits per heavy atom. The van der Waals surface area contributed by atoms with Gasteiger partial charge in [-0.15, -0.1) is 0 Å². The summed E-state index contributed by atoms with van der Waals surface area (Å²) in [6.07, 6.45) is 1.67. The topological polar surface area (TPSA) is 109 Å². The molecular weight excluding hydrogens is 320 g/mol. The number of aldehydes is 1. The molecule has 0 aromatic carbocycles. The van der Waals surface area contributed by atoms with Crippen LogP contribution in [-0.2, 0) is 28.0 Å². The van der Waals surface area contributed by atoms with Crippen molar-refractivity contribution in [1.29, 1.82) is 0 Å². The van der Waals surface area contributed by atoms with E-state index < -0.39 is 21.2 Å². The van der Waals surface area contributed by atoms with Crippen LogP contribution in [0.2, 0.25) is 0 Å². The molecule has 0 aromatic heterocycles. The maximum absolute atomic E-state index is 10.4. The minimum atomic E-state index is -1.45. The summed E-state index contributed by atoms with van der Waals surface area (Å²) < 4.78 is 16.2. The van der Waals surface area contributed by atoms with Crippen LogP contribution in [0.4, 0.5) is 0 Å². The fraction of sp³-hybridized carbons (Fsp3) is 0.857. The minimum absolute atomic E-state index is 0.163. The molecule has 0 saturated carbocycles. The normalized spacial score (nSPS) is 11.6. The smallest absolute Gasteiger partial charge is 0.335 e. The van der Waals surface area contributed by atoms with Crippen LogP contribution < -0.4 is 11.2 Å². The van der Waals surface area contributed by atoms with Crippen LogP contribution in [0.5, 0.6) is 0 Å². The second-order valence-corrected chi connectivity index (χ2v) is 6.42. The summed E-state index contributed by atoms with van der Waals surface area (Å²) >= 11 is 0. The largest absolute Gasteiger partial charge is 0.396 e. The predicted octanol–water partition coefficient (Wildman–Crippen LogP) is 0.0736. The molecule has 0 aliphatic rings. The van der Waals surface area contributed by atoms with Crippen molar-refractivity contribution in [2.75, 3.05) is 39.1 Å². The van der Waals surface area contributed by atoms with Gasteiger partial charge in [0.2, 0.25) is 0 Å². The molecule has 0 radical (unpaired) electrons. The highest BCUT2D eigenvalue weighted by Gasteiger charge is 2.11. The number of nitrogens with one attached hydrogen (secondary N) is 1. The predicted molar refractivity (Wildman–Crippen MR) is 89.9 cm³/mol. The van der Waals surface area contributed by atoms with Gasteiger partial charge in [-0.3, -0.25) is 4.79 Å². The third kappa shape index (κ3) is 17.3. The molecule has 0 unspecified atom stereocenters. The molecule has 0 aromatic rings. The van der Waals surface area contributed by atoms with E-state index in [0.29, 0.717) is 6.29 Å². The lowest BCUT2D eigenvalue weighted by molar-refractivity contribution is -0.149. The molecule has 0 saturated heterocycles. The Labute approximate surface area is 140 Å². The highest BCUT2D eigenvalue weighted by atomic mass is 28.3. The van der Waals surface area contributed by atoms with Gasteiger partial charge < -0.3 is 28.5 Å². The van der Waals surface area contributed by atoms with Crippen molar-refractivity contribution in [3.63, 3.8) is 0 Å². The standard InChI is InChI=1S/C9H23NO3Si.C5H9NO3/c1-4-11-8-7-10-9-14(12-5-2)13-6-3;1-4(2-3-7)5(8)9-6/h10,14H,4-9H2,1-3H3;3-4H,2,6H2,1H3/t;4-/m.1/s1. The van der Waals surface area contributed by atoms with Gasteiger partial charge in [-0.25, -0.2) is 0 Å². The summed E-state index contributed by atoms with van der Waals surface area (Å²) in [6.45, 7) is 11.5. The quantitative estimate of drug-likeness (QED) is 0.207. The Kier molecular flexibility index (Phi) is 20.4. The maximum atomic E-state index is 10.4. The van der Waals surface area contributed by atoms with E-state index in [1.165, 1.54) is 0 Å². The number of hydrogen-bond acceptors (Lipinski definition) is 8. The van der Waals surface area contributed by atoms with Crippen LogP contribution in [-0.4, -0.2) is 60.7 Å². The van der Waals surface area contributed by atoms with Crippen LogP contribution >= 0.6 is 0 Å². The van der Waals surface area contributed by atoms with E-state index in [2.05, 4.69) is 16.1 Å². The maximum Gasteiger partial charge on any atom is 0.335 e. The van der Waals surface area contributed by atoms with Gasteiger partial charge in [0.05, 0.1) is 12.5 Å². The first-order chi connectivity index (χ1) is 11.1. The average Bonchev–Trinajstić information content (AvgIpc) is 2.55. The third-order valence-corrected chi connectivity index (χ3v) is 4.64. The molecule has 1 atom stereocenters. The van der Waals surface area contributed by atoms with Gasteiger partial charge in [0.25, 0.3) is 0 Å². The van der Waals surface area contributed by atoms with Gasteiger partial charge in [0.15, 0.2) is 0 Å². The Hall–Kier alpha value is -0.843. The zero-order valence-corrected chi connectivity index (χ0v) is 15.9. The van der Waals surface area contributed by atoms with E-state index in [9.17, 15) is 9.59 Å². The zero-order chi connectivity index (χ0) is 17.9. The molecule has 138 valence electrons. The van der Waals surface area contributed by atoms with E-state index in [0.717, 1.165) is 39.1 Å². The Morgan fingerprint density at radius 2 is 1.83 bits per heavy atom. The summed E-state index contributed by atoms with van der Waals surface area (Å²) in [4.78, 5) is 24.0. The molecule has 23 heavy (non-hydrogen) atoms. The fourth-order valence-electron chi connectivity index (χ4n) is 1.40. The van der Waals surface area contributed by atoms with Gasteiger partial charge in [0, 0.05) is 39.0 Å². The lowest BCUT2D eigenvalue weighted by Crippen LogP contribution is -2.37. The Bertz CT molecular complexity index is 278. The second kappa shape index (κ2) is 19.2. The summed E-state index contributed by atoms with van der Waals surface area (Å²) in [5.41, 5.74) is 0. The molecule has 9 heteroatoms. The van der Waals surface area contributed by atoms with Crippen molar-refractivity contribution >= 4 is 21.5 Å². The van der Waals surface area contributed by atoms with Gasteiger partial charge in [-0.2, -0.15) is 5.90 Å². The van der Waals surface area contributed by atoms with Gasteiger partial charge in [-0.05, 0) is 20.8 Å². The van der Waals surface area contributed by atoms with Crippen molar-refractivity contribution in [1.82, 2.24) is 5.32 Å². The van der Waals surface area contributed by atoms with Crippen molar-refractivity contribution in [2.24, 2.45) is 11.8 Å². The van der Waals surface area contributed by atoms with Crippen LogP contribution in [0.1, 0.15) is 34.1 Å². The second-order valence-electron chi connectivity index (χ2n) is 4.48. The molecule has 0 rings (SSSR count). The van der Waals surface area contributed by atoms with Crippen LogP contribution in [0.3, 0.4) is 0 Å². The average molecular weight is 353 g/mol. The summed E-state index contributed by atoms with van der Waals surface area (Å²) in [5.74, 6) is 3.56. The van der Waals surface area contributed by atoms with E-state index >= 15 is 0 Å². The molecule has 8 nitrogen and oxygen atoms in total. The summed E-state index contributed by atoms with van der Waals surface area (Å²) in [7, 11) is -1.45. The van der Waals surface area contributed by atoms with Crippen LogP contribution in [0, 0.1) is 5.92 Å². The number of carbonyl (C=O) groups is 2.